The van der Waals surface area contributed by atoms with Gasteiger partial charge in [-0.05, 0) is 24.6 Å². The van der Waals surface area contributed by atoms with E-state index >= 15 is 0 Å². The topological polar surface area (TPSA) is 58.6 Å². The normalized spacial score (nSPS) is 18.6. The lowest BCUT2D eigenvalue weighted by Crippen LogP contribution is -2.57. The van der Waals surface area contributed by atoms with Gasteiger partial charge in [-0.1, -0.05) is 29.3 Å². The van der Waals surface area contributed by atoms with Crippen molar-refractivity contribution in [2.24, 2.45) is 0 Å². The summed E-state index contributed by atoms with van der Waals surface area (Å²) in [5, 5.41) is 2.65. The molecule has 0 aliphatic carbocycles. The summed E-state index contributed by atoms with van der Waals surface area (Å²) in [6, 6.07) is 5.25. The van der Waals surface area contributed by atoms with Gasteiger partial charge in [-0.2, -0.15) is 0 Å². The van der Waals surface area contributed by atoms with Gasteiger partial charge < -0.3 is 15.0 Å². The fraction of sp³-hybridized carbons (Fsp3) is 0.467. The average Bonchev–Trinajstić information content (AvgIpc) is 2.47. The minimum atomic E-state index is -0.403. The maximum atomic E-state index is 12.2. The minimum Gasteiger partial charge on any atom is -0.496 e. The number of rotatable bonds is 5. The van der Waals surface area contributed by atoms with Gasteiger partial charge >= 0.3 is 0 Å². The lowest BCUT2D eigenvalue weighted by molar-refractivity contribution is -0.146. The predicted octanol–water partition coefficient (Wildman–Crippen LogP) is 2.08. The van der Waals surface area contributed by atoms with Gasteiger partial charge in [0, 0.05) is 10.0 Å². The molecule has 0 bridgehead atoms. The van der Waals surface area contributed by atoms with Crippen molar-refractivity contribution < 1.29 is 14.3 Å². The monoisotopic (exact) mass is 354 g/mol. The molecule has 6 heteroatoms. The highest BCUT2D eigenvalue weighted by Crippen LogP contribution is 2.26. The Kier molecular flexibility index (Phi) is 5.22. The summed E-state index contributed by atoms with van der Waals surface area (Å²) in [7, 11) is 1.60. The highest BCUT2D eigenvalue weighted by Gasteiger charge is 2.34. The molecule has 1 aromatic carbocycles. The van der Waals surface area contributed by atoms with Crippen LogP contribution in [0.3, 0.4) is 0 Å². The third kappa shape index (κ3) is 3.56. The fourth-order valence-corrected chi connectivity index (χ4v) is 2.92. The van der Waals surface area contributed by atoms with Gasteiger partial charge in [-0.15, -0.1) is 0 Å². The molecule has 0 radical (unpaired) electrons. The zero-order valence-electron chi connectivity index (χ0n) is 12.2. The Morgan fingerprint density at radius 3 is 2.86 bits per heavy atom. The summed E-state index contributed by atoms with van der Waals surface area (Å²) in [6.07, 6.45) is 1.51. The van der Waals surface area contributed by atoms with E-state index in [-0.39, 0.29) is 18.4 Å². The number of methoxy groups -OCH3 is 1. The van der Waals surface area contributed by atoms with Gasteiger partial charge in [0.15, 0.2) is 0 Å². The summed E-state index contributed by atoms with van der Waals surface area (Å²) in [4.78, 5) is 25.8. The van der Waals surface area contributed by atoms with Gasteiger partial charge in [-0.25, -0.2) is 0 Å². The maximum Gasteiger partial charge on any atom is 0.243 e. The van der Waals surface area contributed by atoms with E-state index in [9.17, 15) is 9.59 Å². The molecule has 0 spiro atoms. The molecular formula is C15H19BrN2O3. The van der Waals surface area contributed by atoms with E-state index in [1.165, 1.54) is 0 Å². The number of nitrogens with one attached hydrogen (secondary N) is 1. The van der Waals surface area contributed by atoms with Crippen molar-refractivity contribution in [3.63, 3.8) is 0 Å². The fourth-order valence-electron chi connectivity index (χ4n) is 2.51. The molecule has 1 atom stereocenters. The molecule has 0 aromatic heterocycles. The molecule has 1 N–H and O–H groups in total. The van der Waals surface area contributed by atoms with Gasteiger partial charge in [0.2, 0.25) is 11.8 Å². The molecule has 2 amide bonds. The summed E-state index contributed by atoms with van der Waals surface area (Å²) in [5.74, 6) is 0.577. The van der Waals surface area contributed by atoms with Crippen LogP contribution in [0.25, 0.3) is 0 Å². The van der Waals surface area contributed by atoms with Crippen molar-refractivity contribution in [2.45, 2.75) is 32.4 Å². The first-order chi connectivity index (χ1) is 10.1. The Bertz CT molecular complexity index is 548. The van der Waals surface area contributed by atoms with Crippen LogP contribution in [-0.4, -0.2) is 36.4 Å². The molecule has 21 heavy (non-hydrogen) atoms. The third-order valence-corrected chi connectivity index (χ3v) is 4.05. The van der Waals surface area contributed by atoms with Crippen molar-refractivity contribution in [3.8, 4) is 5.75 Å². The quantitative estimate of drug-likeness (QED) is 0.880. The largest absolute Gasteiger partial charge is 0.496 e. The molecule has 1 saturated heterocycles. The molecule has 5 nitrogen and oxygen atoms in total. The number of ether oxygens (including phenoxy) is 1. The van der Waals surface area contributed by atoms with Gasteiger partial charge in [0.25, 0.3) is 0 Å². The van der Waals surface area contributed by atoms with Gasteiger partial charge in [0.05, 0.1) is 20.2 Å². The van der Waals surface area contributed by atoms with Crippen LogP contribution >= 0.6 is 15.9 Å². The summed E-state index contributed by atoms with van der Waals surface area (Å²) < 4.78 is 6.26. The number of piperazine rings is 1. The molecule has 1 unspecified atom stereocenters. The lowest BCUT2D eigenvalue weighted by atomic mass is 10.0. The van der Waals surface area contributed by atoms with E-state index < -0.39 is 6.04 Å². The molecule has 1 aliphatic rings. The Balaban J connectivity index is 2.28. The van der Waals surface area contributed by atoms with E-state index in [2.05, 4.69) is 21.2 Å². The summed E-state index contributed by atoms with van der Waals surface area (Å²) in [5.41, 5.74) is 0.885. The summed E-state index contributed by atoms with van der Waals surface area (Å²) >= 11 is 3.42. The number of nitrogens with zero attached hydrogens (tertiary/aromatic N) is 1. The predicted molar refractivity (Wildman–Crippen MR) is 82.9 cm³/mol. The number of halogens is 1. The van der Waals surface area contributed by atoms with Crippen LogP contribution in [0.2, 0.25) is 0 Å². The third-order valence-electron chi connectivity index (χ3n) is 3.56. The number of hydrogen-bond acceptors (Lipinski definition) is 3. The maximum absolute atomic E-state index is 12.2. The standard InChI is InChI=1S/C15H19BrN2O3/c1-3-4-12-15(20)17-8-14(19)18(12)9-10-7-11(16)5-6-13(10)21-2/h5-7,12H,3-4,8-9H2,1-2H3,(H,17,20). The van der Waals surface area contributed by atoms with Crippen LogP contribution in [0, 0.1) is 0 Å². The molecule has 1 aromatic rings. The first-order valence-electron chi connectivity index (χ1n) is 6.96. The van der Waals surface area contributed by atoms with Crippen LogP contribution in [0.1, 0.15) is 25.3 Å². The van der Waals surface area contributed by atoms with Crippen molar-refractivity contribution in [2.75, 3.05) is 13.7 Å². The molecule has 1 aliphatic heterocycles. The van der Waals surface area contributed by atoms with Crippen LogP contribution in [0.15, 0.2) is 22.7 Å². The first kappa shape index (κ1) is 15.8. The Hall–Kier alpha value is -1.56. The lowest BCUT2D eigenvalue weighted by Gasteiger charge is -2.35. The molecule has 2 rings (SSSR count). The van der Waals surface area contributed by atoms with Gasteiger partial charge in [-0.3, -0.25) is 9.59 Å². The minimum absolute atomic E-state index is 0.0601. The van der Waals surface area contributed by atoms with Crippen molar-refractivity contribution in [1.82, 2.24) is 10.2 Å². The number of benzene rings is 1. The average molecular weight is 355 g/mol. The van der Waals surface area contributed by atoms with E-state index in [4.69, 9.17) is 4.74 Å². The van der Waals surface area contributed by atoms with Crippen LogP contribution in [-0.2, 0) is 16.1 Å². The SMILES string of the molecule is CCCC1C(=O)NCC(=O)N1Cc1cc(Br)ccc1OC. The smallest absolute Gasteiger partial charge is 0.243 e. The van der Waals surface area contributed by atoms with Gasteiger partial charge in [0.1, 0.15) is 11.8 Å². The first-order valence-corrected chi connectivity index (χ1v) is 7.75. The van der Waals surface area contributed by atoms with Crippen molar-refractivity contribution in [3.05, 3.63) is 28.2 Å². The van der Waals surface area contributed by atoms with Crippen molar-refractivity contribution >= 4 is 27.7 Å². The summed E-state index contributed by atoms with van der Waals surface area (Å²) in [6.45, 7) is 2.44. The second kappa shape index (κ2) is 6.93. The Labute approximate surface area is 132 Å². The van der Waals surface area contributed by atoms with Crippen LogP contribution in [0.5, 0.6) is 5.75 Å². The molecule has 114 valence electrons. The van der Waals surface area contributed by atoms with E-state index in [1.807, 2.05) is 25.1 Å². The van der Waals surface area contributed by atoms with E-state index in [0.29, 0.717) is 18.7 Å². The highest BCUT2D eigenvalue weighted by atomic mass is 79.9. The number of amides is 2. The number of hydrogen-bond donors (Lipinski definition) is 1. The molecule has 1 fully saturated rings. The Morgan fingerprint density at radius 2 is 2.19 bits per heavy atom. The van der Waals surface area contributed by atoms with E-state index in [1.54, 1.807) is 12.0 Å². The second-order valence-electron chi connectivity index (χ2n) is 5.00. The second-order valence-corrected chi connectivity index (χ2v) is 5.92. The number of carbonyl (C=O) groups excluding carboxylic acids is 2. The molecule has 0 saturated carbocycles. The molecule has 1 heterocycles. The van der Waals surface area contributed by atoms with Crippen molar-refractivity contribution in [1.29, 1.82) is 0 Å². The number of carbonyl (C=O) groups is 2. The van der Waals surface area contributed by atoms with E-state index in [0.717, 1.165) is 16.5 Å². The zero-order chi connectivity index (χ0) is 15.4. The highest BCUT2D eigenvalue weighted by molar-refractivity contribution is 9.10. The van der Waals surface area contributed by atoms with Crippen LogP contribution in [0.4, 0.5) is 0 Å². The zero-order valence-corrected chi connectivity index (χ0v) is 13.8. The van der Waals surface area contributed by atoms with Crippen LogP contribution < -0.4 is 10.1 Å². The molecular weight excluding hydrogens is 336 g/mol. The Morgan fingerprint density at radius 1 is 1.43 bits per heavy atom.